The van der Waals surface area contributed by atoms with Crippen LogP contribution in [-0.2, 0) is 11.2 Å². The number of esters is 1. The number of carbonyl (C=O) groups is 2. The van der Waals surface area contributed by atoms with Gasteiger partial charge in [0.2, 0.25) is 0 Å². The Bertz CT molecular complexity index is 1190. The van der Waals surface area contributed by atoms with Gasteiger partial charge in [0.05, 0.1) is 38.3 Å². The number of nitrogens with zero attached hydrogens (tertiary/aromatic N) is 1. The molecular formula is C33H42ClN2O4+. The van der Waals surface area contributed by atoms with E-state index in [1.807, 2.05) is 18.2 Å². The van der Waals surface area contributed by atoms with Gasteiger partial charge in [-0.1, -0.05) is 79.7 Å². The van der Waals surface area contributed by atoms with E-state index in [0.717, 1.165) is 57.2 Å². The minimum Gasteiger partial charge on any atom is -0.494 e. The normalized spacial score (nSPS) is 12.0. The number of ether oxygens (including phenoxy) is 2. The molecule has 0 aliphatic rings. The molecular weight excluding hydrogens is 524 g/mol. The molecule has 3 aromatic carbocycles. The Labute approximate surface area is 243 Å². The highest BCUT2D eigenvalue weighted by Gasteiger charge is 2.31. The first kappa shape index (κ1) is 31.2. The SMILES string of the molecule is C[N+](C)(C)C(Cc1ccccc1)C(=O)NCCCCCCCCOc1ccc(OC(=O)c2ccccc2Cl)cc1. The number of likely N-dealkylation sites (N-methyl/N-ethyl adjacent to an activating group) is 1. The van der Waals surface area contributed by atoms with Crippen LogP contribution in [0.4, 0.5) is 0 Å². The van der Waals surface area contributed by atoms with Crippen LogP contribution in [0.15, 0.2) is 78.9 Å². The van der Waals surface area contributed by atoms with Crippen LogP contribution < -0.4 is 14.8 Å². The zero-order valence-electron chi connectivity index (χ0n) is 23.9. The van der Waals surface area contributed by atoms with E-state index < -0.39 is 5.97 Å². The van der Waals surface area contributed by atoms with Crippen molar-refractivity contribution in [2.75, 3.05) is 34.3 Å². The van der Waals surface area contributed by atoms with Crippen LogP contribution >= 0.6 is 11.6 Å². The van der Waals surface area contributed by atoms with Gasteiger partial charge in [-0.15, -0.1) is 0 Å². The molecule has 1 amide bonds. The number of carbonyl (C=O) groups excluding carboxylic acids is 2. The zero-order valence-corrected chi connectivity index (χ0v) is 24.7. The molecule has 3 aromatic rings. The van der Waals surface area contributed by atoms with E-state index in [0.29, 0.717) is 27.4 Å². The lowest BCUT2D eigenvalue weighted by molar-refractivity contribution is -0.886. The molecule has 0 saturated heterocycles. The van der Waals surface area contributed by atoms with Crippen molar-refractivity contribution in [2.24, 2.45) is 0 Å². The summed E-state index contributed by atoms with van der Waals surface area (Å²) in [5, 5.41) is 3.52. The molecule has 0 fully saturated rings. The first-order valence-electron chi connectivity index (χ1n) is 14.1. The Kier molecular flexibility index (Phi) is 12.5. The van der Waals surface area contributed by atoms with Gasteiger partial charge in [0, 0.05) is 13.0 Å². The minimum absolute atomic E-state index is 0.109. The number of unbranched alkanes of at least 4 members (excludes halogenated alkanes) is 5. The Morgan fingerprint density at radius 3 is 2.05 bits per heavy atom. The maximum Gasteiger partial charge on any atom is 0.345 e. The number of hydrogen-bond acceptors (Lipinski definition) is 4. The van der Waals surface area contributed by atoms with E-state index in [9.17, 15) is 9.59 Å². The molecule has 0 aliphatic carbocycles. The van der Waals surface area contributed by atoms with E-state index >= 15 is 0 Å². The standard InChI is InChI=1S/C33H41ClN2O4/c1-36(2,3)31(25-26-15-9-8-10-16-26)32(37)35-23-13-6-4-5-7-14-24-39-27-19-21-28(22-20-27)40-33(38)29-17-11-12-18-30(29)34/h8-12,15-22,31H,4-7,13-14,23-25H2,1-3H3/p+1. The van der Waals surface area contributed by atoms with Crippen molar-refractivity contribution >= 4 is 23.5 Å². The summed E-state index contributed by atoms with van der Waals surface area (Å²) in [6, 6.07) is 23.9. The third kappa shape index (κ3) is 10.7. The highest BCUT2D eigenvalue weighted by molar-refractivity contribution is 6.33. The van der Waals surface area contributed by atoms with Crippen molar-refractivity contribution < 1.29 is 23.5 Å². The average molecular weight is 566 g/mol. The molecule has 0 heterocycles. The number of halogens is 1. The summed E-state index contributed by atoms with van der Waals surface area (Å²) in [5.41, 5.74) is 1.52. The smallest absolute Gasteiger partial charge is 0.345 e. The predicted molar refractivity (Wildman–Crippen MR) is 161 cm³/mol. The number of benzene rings is 3. The van der Waals surface area contributed by atoms with Gasteiger partial charge in [-0.25, -0.2) is 4.79 Å². The highest BCUT2D eigenvalue weighted by Crippen LogP contribution is 2.21. The summed E-state index contributed by atoms with van der Waals surface area (Å²) in [6.45, 7) is 1.36. The monoisotopic (exact) mass is 565 g/mol. The number of hydrogen-bond donors (Lipinski definition) is 1. The van der Waals surface area contributed by atoms with Crippen molar-refractivity contribution in [3.05, 3.63) is 95.0 Å². The van der Waals surface area contributed by atoms with E-state index in [4.69, 9.17) is 21.1 Å². The van der Waals surface area contributed by atoms with Gasteiger partial charge >= 0.3 is 5.97 Å². The number of nitrogens with one attached hydrogen (secondary N) is 1. The largest absolute Gasteiger partial charge is 0.494 e. The maximum atomic E-state index is 12.9. The molecule has 214 valence electrons. The van der Waals surface area contributed by atoms with Crippen LogP contribution in [-0.4, -0.2) is 56.7 Å². The molecule has 0 bridgehead atoms. The molecule has 1 unspecified atom stereocenters. The highest BCUT2D eigenvalue weighted by atomic mass is 35.5. The first-order valence-corrected chi connectivity index (χ1v) is 14.4. The second-order valence-corrected chi connectivity index (χ2v) is 11.3. The summed E-state index contributed by atoms with van der Waals surface area (Å²) in [5.74, 6) is 0.823. The van der Waals surface area contributed by atoms with Crippen LogP contribution in [0.5, 0.6) is 11.5 Å². The van der Waals surface area contributed by atoms with Gasteiger partial charge in [-0.3, -0.25) is 4.79 Å². The van der Waals surface area contributed by atoms with Crippen molar-refractivity contribution in [1.29, 1.82) is 0 Å². The maximum absolute atomic E-state index is 12.9. The van der Waals surface area contributed by atoms with Gasteiger partial charge in [0.1, 0.15) is 11.5 Å². The molecule has 1 N–H and O–H groups in total. The average Bonchev–Trinajstić information content (AvgIpc) is 2.93. The Morgan fingerprint density at radius 1 is 0.775 bits per heavy atom. The molecule has 0 spiro atoms. The van der Waals surface area contributed by atoms with E-state index in [1.165, 1.54) is 5.56 Å². The molecule has 0 aliphatic heterocycles. The Balaban J connectivity index is 1.24. The quantitative estimate of drug-likeness (QED) is 0.0907. The van der Waals surface area contributed by atoms with Crippen molar-refractivity contribution in [2.45, 2.75) is 51.0 Å². The number of rotatable bonds is 16. The van der Waals surface area contributed by atoms with Crippen LogP contribution in [0.1, 0.15) is 54.4 Å². The second-order valence-electron chi connectivity index (χ2n) is 10.9. The van der Waals surface area contributed by atoms with E-state index in [1.54, 1.807) is 48.5 Å². The number of amides is 1. The second kappa shape index (κ2) is 16.0. The molecule has 0 saturated carbocycles. The summed E-state index contributed by atoms with van der Waals surface area (Å²) in [4.78, 5) is 25.2. The molecule has 0 aromatic heterocycles. The van der Waals surface area contributed by atoms with Crippen LogP contribution in [0.25, 0.3) is 0 Å². The third-order valence-electron chi connectivity index (χ3n) is 6.78. The fourth-order valence-electron chi connectivity index (χ4n) is 4.40. The van der Waals surface area contributed by atoms with Crippen LogP contribution in [0.2, 0.25) is 5.02 Å². The molecule has 7 heteroatoms. The fraction of sp³-hybridized carbons (Fsp3) is 0.394. The van der Waals surface area contributed by atoms with E-state index in [-0.39, 0.29) is 11.9 Å². The lowest BCUT2D eigenvalue weighted by Crippen LogP contribution is -2.55. The Hall–Kier alpha value is -3.35. The van der Waals surface area contributed by atoms with Gasteiger partial charge in [0.25, 0.3) is 5.91 Å². The van der Waals surface area contributed by atoms with Gasteiger partial charge in [-0.2, -0.15) is 0 Å². The molecule has 3 rings (SSSR count). The zero-order chi connectivity index (χ0) is 28.8. The molecule has 1 atom stereocenters. The van der Waals surface area contributed by atoms with Gasteiger partial charge in [-0.05, 0) is 54.8 Å². The summed E-state index contributed by atoms with van der Waals surface area (Å²) < 4.78 is 11.8. The van der Waals surface area contributed by atoms with E-state index in [2.05, 4.69) is 38.6 Å². The van der Waals surface area contributed by atoms with Crippen LogP contribution in [0.3, 0.4) is 0 Å². The van der Waals surface area contributed by atoms with Crippen LogP contribution in [0, 0.1) is 0 Å². The molecule has 0 radical (unpaired) electrons. The summed E-state index contributed by atoms with van der Waals surface area (Å²) in [6.07, 6.45) is 7.19. The minimum atomic E-state index is -0.488. The van der Waals surface area contributed by atoms with Gasteiger partial charge < -0.3 is 19.3 Å². The Morgan fingerprint density at radius 2 is 1.38 bits per heavy atom. The molecule has 6 nitrogen and oxygen atoms in total. The lowest BCUT2D eigenvalue weighted by Gasteiger charge is -2.33. The van der Waals surface area contributed by atoms with Crippen molar-refractivity contribution in [1.82, 2.24) is 5.32 Å². The third-order valence-corrected chi connectivity index (χ3v) is 7.11. The van der Waals surface area contributed by atoms with Gasteiger partial charge in [0.15, 0.2) is 6.04 Å². The lowest BCUT2D eigenvalue weighted by atomic mass is 10.0. The first-order chi connectivity index (χ1) is 19.2. The predicted octanol–water partition coefficient (Wildman–Crippen LogP) is 6.71. The topological polar surface area (TPSA) is 64.6 Å². The summed E-state index contributed by atoms with van der Waals surface area (Å²) >= 11 is 6.06. The summed E-state index contributed by atoms with van der Waals surface area (Å²) in [7, 11) is 6.23. The van der Waals surface area contributed by atoms with Crippen molar-refractivity contribution in [3.8, 4) is 11.5 Å². The number of quaternary nitrogens is 1. The van der Waals surface area contributed by atoms with Crippen molar-refractivity contribution in [3.63, 3.8) is 0 Å². The molecule has 40 heavy (non-hydrogen) atoms. The fourth-order valence-corrected chi connectivity index (χ4v) is 4.61.